The Morgan fingerprint density at radius 1 is 1.32 bits per heavy atom. The normalized spacial score (nSPS) is 10.5. The first-order valence-corrected chi connectivity index (χ1v) is 6.70. The zero-order chi connectivity index (χ0) is 14.0. The highest BCUT2D eigenvalue weighted by atomic mass is 79.9. The van der Waals surface area contributed by atoms with Gasteiger partial charge in [-0.2, -0.15) is 0 Å². The Labute approximate surface area is 119 Å². The topological polar surface area (TPSA) is 55.2 Å². The minimum atomic E-state index is -1.25. The molecule has 1 heterocycles. The Kier molecular flexibility index (Phi) is 4.11. The SMILES string of the molecule is O=[N+]([O-])c1ccc(F)c(F)c1NCc1ccc(Br)s1. The number of anilines is 1. The number of nitrogens with one attached hydrogen (secondary N) is 1. The number of halogens is 3. The van der Waals surface area contributed by atoms with Crippen molar-refractivity contribution in [2.75, 3.05) is 5.32 Å². The van der Waals surface area contributed by atoms with Crippen molar-refractivity contribution in [2.45, 2.75) is 6.54 Å². The number of nitro benzene ring substituents is 1. The van der Waals surface area contributed by atoms with Crippen LogP contribution in [0.2, 0.25) is 0 Å². The summed E-state index contributed by atoms with van der Waals surface area (Å²) in [6.45, 7) is 0.178. The second-order valence-electron chi connectivity index (χ2n) is 3.57. The van der Waals surface area contributed by atoms with Crippen molar-refractivity contribution in [1.82, 2.24) is 0 Å². The van der Waals surface area contributed by atoms with Crippen molar-refractivity contribution in [2.24, 2.45) is 0 Å². The molecule has 0 radical (unpaired) electrons. The van der Waals surface area contributed by atoms with Gasteiger partial charge in [0.2, 0.25) is 0 Å². The highest BCUT2D eigenvalue weighted by Gasteiger charge is 2.21. The lowest BCUT2D eigenvalue weighted by atomic mass is 10.2. The van der Waals surface area contributed by atoms with Crippen LogP contribution in [0.1, 0.15) is 4.88 Å². The van der Waals surface area contributed by atoms with Gasteiger partial charge in [-0.3, -0.25) is 10.1 Å². The molecule has 0 atom stereocenters. The van der Waals surface area contributed by atoms with Crippen LogP contribution in [0.4, 0.5) is 20.2 Å². The number of benzene rings is 1. The van der Waals surface area contributed by atoms with Crippen LogP contribution in [0.15, 0.2) is 28.1 Å². The molecule has 1 N–H and O–H groups in total. The molecule has 2 aromatic rings. The standard InChI is InChI=1S/C11H7BrF2N2O2S/c12-9-4-1-6(19-9)5-15-11-8(16(17)18)3-2-7(13)10(11)14/h1-4,15H,5H2. The maximum Gasteiger partial charge on any atom is 0.295 e. The number of hydrogen-bond acceptors (Lipinski definition) is 4. The number of nitrogens with zero attached hydrogens (tertiary/aromatic N) is 1. The second-order valence-corrected chi connectivity index (χ2v) is 6.12. The molecular weight excluding hydrogens is 342 g/mol. The van der Waals surface area contributed by atoms with Gasteiger partial charge in [0.1, 0.15) is 0 Å². The zero-order valence-corrected chi connectivity index (χ0v) is 11.7. The van der Waals surface area contributed by atoms with E-state index in [0.29, 0.717) is 0 Å². The van der Waals surface area contributed by atoms with Gasteiger partial charge in [-0.1, -0.05) is 0 Å². The maximum atomic E-state index is 13.6. The molecule has 0 aliphatic carbocycles. The molecule has 0 amide bonds. The van der Waals surface area contributed by atoms with Gasteiger partial charge in [0, 0.05) is 17.5 Å². The molecule has 8 heteroatoms. The molecular formula is C11H7BrF2N2O2S. The Morgan fingerprint density at radius 2 is 2.05 bits per heavy atom. The van der Waals surface area contributed by atoms with Crippen molar-refractivity contribution in [3.63, 3.8) is 0 Å². The first-order valence-electron chi connectivity index (χ1n) is 5.09. The van der Waals surface area contributed by atoms with E-state index < -0.39 is 27.9 Å². The van der Waals surface area contributed by atoms with Gasteiger partial charge in [0.05, 0.1) is 8.71 Å². The van der Waals surface area contributed by atoms with Crippen molar-refractivity contribution < 1.29 is 13.7 Å². The number of thiophene rings is 1. The molecule has 1 aromatic carbocycles. The Hall–Kier alpha value is -1.54. The first-order chi connectivity index (χ1) is 8.99. The lowest BCUT2D eigenvalue weighted by molar-refractivity contribution is -0.384. The summed E-state index contributed by atoms with van der Waals surface area (Å²) < 4.78 is 27.6. The third-order valence-corrected chi connectivity index (χ3v) is 3.96. The Balaban J connectivity index is 2.28. The van der Waals surface area contributed by atoms with E-state index >= 15 is 0 Å². The molecule has 0 saturated heterocycles. The van der Waals surface area contributed by atoms with Crippen LogP contribution >= 0.6 is 27.3 Å². The lowest BCUT2D eigenvalue weighted by Crippen LogP contribution is -2.05. The molecule has 0 unspecified atom stereocenters. The van der Waals surface area contributed by atoms with Crippen LogP contribution in [0.3, 0.4) is 0 Å². The highest BCUT2D eigenvalue weighted by Crippen LogP contribution is 2.30. The second kappa shape index (κ2) is 5.62. The fraction of sp³-hybridized carbons (Fsp3) is 0.0909. The highest BCUT2D eigenvalue weighted by molar-refractivity contribution is 9.11. The van der Waals surface area contributed by atoms with E-state index in [9.17, 15) is 18.9 Å². The molecule has 0 aliphatic heterocycles. The summed E-state index contributed by atoms with van der Waals surface area (Å²) in [5, 5.41) is 13.3. The monoisotopic (exact) mass is 348 g/mol. The molecule has 1 aromatic heterocycles. The summed E-state index contributed by atoms with van der Waals surface area (Å²) in [7, 11) is 0. The molecule has 0 bridgehead atoms. The average molecular weight is 349 g/mol. The van der Waals surface area contributed by atoms with Gasteiger partial charge >= 0.3 is 0 Å². The van der Waals surface area contributed by atoms with Crippen LogP contribution in [-0.4, -0.2) is 4.92 Å². The van der Waals surface area contributed by atoms with Gasteiger partial charge in [0.25, 0.3) is 5.69 Å². The molecule has 0 fully saturated rings. The zero-order valence-electron chi connectivity index (χ0n) is 9.32. The van der Waals surface area contributed by atoms with Crippen molar-refractivity contribution >= 4 is 38.6 Å². The third kappa shape index (κ3) is 3.07. The van der Waals surface area contributed by atoms with Gasteiger partial charge < -0.3 is 5.32 Å². The van der Waals surface area contributed by atoms with Gasteiger partial charge in [0.15, 0.2) is 17.3 Å². The fourth-order valence-corrected chi connectivity index (χ4v) is 2.91. The Morgan fingerprint density at radius 3 is 2.63 bits per heavy atom. The van der Waals surface area contributed by atoms with Gasteiger partial charge in [-0.05, 0) is 34.1 Å². The molecule has 0 spiro atoms. The maximum absolute atomic E-state index is 13.6. The molecule has 0 aliphatic rings. The summed E-state index contributed by atoms with van der Waals surface area (Å²) in [6.07, 6.45) is 0. The molecule has 4 nitrogen and oxygen atoms in total. The fourth-order valence-electron chi connectivity index (χ4n) is 1.48. The van der Waals surface area contributed by atoms with Crippen LogP contribution < -0.4 is 5.32 Å². The molecule has 2 rings (SSSR count). The summed E-state index contributed by atoms with van der Waals surface area (Å²) >= 11 is 4.67. The van der Waals surface area contributed by atoms with E-state index in [4.69, 9.17) is 0 Å². The smallest absolute Gasteiger partial charge is 0.295 e. The van der Waals surface area contributed by atoms with Crippen LogP contribution in [0.25, 0.3) is 0 Å². The average Bonchev–Trinajstić information content (AvgIpc) is 2.76. The first kappa shape index (κ1) is 13.9. The molecule has 0 saturated carbocycles. The van der Waals surface area contributed by atoms with Crippen molar-refractivity contribution in [1.29, 1.82) is 0 Å². The minimum Gasteiger partial charge on any atom is -0.372 e. The van der Waals surface area contributed by atoms with E-state index in [0.717, 1.165) is 20.8 Å². The predicted molar refractivity (Wildman–Crippen MR) is 72.4 cm³/mol. The lowest BCUT2D eigenvalue weighted by Gasteiger charge is -2.07. The van der Waals surface area contributed by atoms with E-state index in [2.05, 4.69) is 21.2 Å². The predicted octanol–water partition coefficient (Wildman–Crippen LogP) is 4.31. The summed E-state index contributed by atoms with van der Waals surface area (Å²) in [5.41, 5.74) is -0.927. The largest absolute Gasteiger partial charge is 0.372 e. The molecule has 100 valence electrons. The summed E-state index contributed by atoms with van der Waals surface area (Å²) in [6, 6.07) is 5.26. The number of hydrogen-bond donors (Lipinski definition) is 1. The van der Waals surface area contributed by atoms with E-state index in [-0.39, 0.29) is 6.54 Å². The number of nitro groups is 1. The Bertz CT molecular complexity index is 633. The van der Waals surface area contributed by atoms with Gasteiger partial charge in [-0.15, -0.1) is 11.3 Å². The van der Waals surface area contributed by atoms with E-state index in [1.165, 1.54) is 11.3 Å². The van der Waals surface area contributed by atoms with Crippen LogP contribution in [0, 0.1) is 21.7 Å². The van der Waals surface area contributed by atoms with E-state index in [1.54, 1.807) is 12.1 Å². The quantitative estimate of drug-likeness (QED) is 0.661. The van der Waals surface area contributed by atoms with Gasteiger partial charge in [-0.25, -0.2) is 8.78 Å². The minimum absolute atomic E-state index is 0.178. The van der Waals surface area contributed by atoms with Crippen molar-refractivity contribution in [3.05, 3.63) is 54.7 Å². The summed E-state index contributed by atoms with van der Waals surface area (Å²) in [5.74, 6) is -2.37. The van der Waals surface area contributed by atoms with E-state index in [1.807, 2.05) is 0 Å². The molecule has 19 heavy (non-hydrogen) atoms. The van der Waals surface area contributed by atoms with Crippen LogP contribution in [0.5, 0.6) is 0 Å². The van der Waals surface area contributed by atoms with Crippen molar-refractivity contribution in [3.8, 4) is 0 Å². The number of rotatable bonds is 4. The van der Waals surface area contributed by atoms with Crippen LogP contribution in [-0.2, 0) is 6.54 Å². The third-order valence-electron chi connectivity index (χ3n) is 2.34. The summed E-state index contributed by atoms with van der Waals surface area (Å²) in [4.78, 5) is 10.9.